The normalized spacial score (nSPS) is 23.9. The summed E-state index contributed by atoms with van der Waals surface area (Å²) in [5.74, 6) is 0.875. The Morgan fingerprint density at radius 2 is 2.13 bits per heavy atom. The zero-order valence-corrected chi connectivity index (χ0v) is 10.2. The van der Waals surface area contributed by atoms with Gasteiger partial charge in [0.2, 0.25) is 5.91 Å². The highest BCUT2D eigenvalue weighted by molar-refractivity contribution is 5.85. The Morgan fingerprint density at radius 1 is 1.47 bits per heavy atom. The van der Waals surface area contributed by atoms with Crippen molar-refractivity contribution < 1.29 is 9.53 Å². The van der Waals surface area contributed by atoms with Gasteiger partial charge in [-0.3, -0.25) is 4.79 Å². The van der Waals surface area contributed by atoms with Gasteiger partial charge in [-0.25, -0.2) is 0 Å². The summed E-state index contributed by atoms with van der Waals surface area (Å²) in [6.45, 7) is 3.98. The van der Waals surface area contributed by atoms with Crippen molar-refractivity contribution in [2.45, 2.75) is 25.8 Å². The van der Waals surface area contributed by atoms with Crippen LogP contribution < -0.4 is 10.6 Å². The van der Waals surface area contributed by atoms with Crippen LogP contribution in [0.25, 0.3) is 0 Å². The fourth-order valence-electron chi connectivity index (χ4n) is 1.68. The van der Waals surface area contributed by atoms with Gasteiger partial charge >= 0.3 is 0 Å². The smallest absolute Gasteiger partial charge is 0.234 e. The van der Waals surface area contributed by atoms with Crippen molar-refractivity contribution >= 4 is 18.3 Å². The van der Waals surface area contributed by atoms with Crippen LogP contribution in [0.3, 0.4) is 0 Å². The van der Waals surface area contributed by atoms with Crippen molar-refractivity contribution in [3.63, 3.8) is 0 Å². The molecule has 1 fully saturated rings. The van der Waals surface area contributed by atoms with Crippen LogP contribution in [0.1, 0.15) is 19.8 Å². The van der Waals surface area contributed by atoms with Crippen molar-refractivity contribution in [1.82, 2.24) is 10.6 Å². The molecule has 15 heavy (non-hydrogen) atoms. The average Bonchev–Trinajstić information content (AvgIpc) is 2.10. The van der Waals surface area contributed by atoms with Gasteiger partial charge in [-0.15, -0.1) is 12.4 Å². The Balaban J connectivity index is 0.00000196. The molecule has 5 heteroatoms. The Labute approximate surface area is 97.5 Å². The summed E-state index contributed by atoms with van der Waals surface area (Å²) < 4.78 is 4.86. The minimum Gasteiger partial charge on any atom is -0.383 e. The molecule has 1 rings (SSSR count). The van der Waals surface area contributed by atoms with Gasteiger partial charge in [0.05, 0.1) is 13.2 Å². The van der Waals surface area contributed by atoms with Crippen LogP contribution in [0.2, 0.25) is 0 Å². The maximum atomic E-state index is 11.3. The summed E-state index contributed by atoms with van der Waals surface area (Å²) in [4.78, 5) is 11.3. The quantitative estimate of drug-likeness (QED) is 0.663. The summed E-state index contributed by atoms with van der Waals surface area (Å²) >= 11 is 0. The SMILES string of the molecule is COCCNCC(=O)NC1CC(C)C1.Cl. The molecule has 0 radical (unpaired) electrons. The molecule has 1 aliphatic rings. The Morgan fingerprint density at radius 3 is 2.67 bits per heavy atom. The zero-order chi connectivity index (χ0) is 10.4. The molecule has 0 spiro atoms. The maximum absolute atomic E-state index is 11.3. The van der Waals surface area contributed by atoms with E-state index < -0.39 is 0 Å². The van der Waals surface area contributed by atoms with E-state index in [1.165, 1.54) is 0 Å². The standard InChI is InChI=1S/C10H20N2O2.ClH/c1-8-5-9(6-8)12-10(13)7-11-3-4-14-2;/h8-9,11H,3-7H2,1-2H3,(H,12,13);1H. The van der Waals surface area contributed by atoms with Gasteiger partial charge in [-0.2, -0.15) is 0 Å². The molecule has 1 amide bonds. The third-order valence-electron chi connectivity index (χ3n) is 2.51. The van der Waals surface area contributed by atoms with Crippen molar-refractivity contribution in [2.24, 2.45) is 5.92 Å². The molecule has 0 aromatic carbocycles. The molecule has 0 heterocycles. The number of amides is 1. The highest BCUT2D eigenvalue weighted by Crippen LogP contribution is 2.25. The number of rotatable bonds is 6. The third-order valence-corrected chi connectivity index (χ3v) is 2.51. The van der Waals surface area contributed by atoms with Crippen molar-refractivity contribution in [3.8, 4) is 0 Å². The van der Waals surface area contributed by atoms with Crippen molar-refractivity contribution in [2.75, 3.05) is 26.8 Å². The predicted molar refractivity (Wildman–Crippen MR) is 62.3 cm³/mol. The Kier molecular flexibility index (Phi) is 7.74. The summed E-state index contributed by atoms with van der Waals surface area (Å²) in [6, 6.07) is 0.418. The second kappa shape index (κ2) is 7.91. The van der Waals surface area contributed by atoms with Gasteiger partial charge in [-0.1, -0.05) is 6.92 Å². The minimum absolute atomic E-state index is 0. The molecule has 0 atom stereocenters. The molecule has 90 valence electrons. The van der Waals surface area contributed by atoms with E-state index in [4.69, 9.17) is 4.74 Å². The number of halogens is 1. The average molecular weight is 237 g/mol. The zero-order valence-electron chi connectivity index (χ0n) is 9.41. The van der Waals surface area contributed by atoms with Crippen molar-refractivity contribution in [1.29, 1.82) is 0 Å². The highest BCUT2D eigenvalue weighted by Gasteiger charge is 2.26. The topological polar surface area (TPSA) is 50.4 Å². The fraction of sp³-hybridized carbons (Fsp3) is 0.900. The summed E-state index contributed by atoms with van der Waals surface area (Å²) in [7, 11) is 1.65. The lowest BCUT2D eigenvalue weighted by Gasteiger charge is -2.33. The van der Waals surface area contributed by atoms with Crippen LogP contribution in [0.5, 0.6) is 0 Å². The molecule has 1 aliphatic carbocycles. The number of nitrogens with one attached hydrogen (secondary N) is 2. The number of carbonyl (C=O) groups is 1. The number of carbonyl (C=O) groups excluding carboxylic acids is 1. The first-order valence-corrected chi connectivity index (χ1v) is 5.21. The Hall–Kier alpha value is -0.320. The molecule has 1 saturated carbocycles. The highest BCUT2D eigenvalue weighted by atomic mass is 35.5. The molecule has 4 nitrogen and oxygen atoms in total. The van der Waals surface area contributed by atoms with Crippen LogP contribution in [-0.2, 0) is 9.53 Å². The lowest BCUT2D eigenvalue weighted by molar-refractivity contribution is -0.121. The molecular formula is C10H21ClN2O2. The summed E-state index contributed by atoms with van der Waals surface area (Å²) in [5, 5.41) is 6.00. The fourth-order valence-corrected chi connectivity index (χ4v) is 1.68. The maximum Gasteiger partial charge on any atom is 0.234 e. The number of methoxy groups -OCH3 is 1. The number of hydrogen-bond acceptors (Lipinski definition) is 3. The lowest BCUT2D eigenvalue weighted by Crippen LogP contribution is -2.46. The van der Waals surface area contributed by atoms with Gasteiger partial charge in [0.1, 0.15) is 0 Å². The van der Waals surface area contributed by atoms with Crippen molar-refractivity contribution in [3.05, 3.63) is 0 Å². The molecule has 0 aromatic rings. The van der Waals surface area contributed by atoms with Gasteiger partial charge in [0.25, 0.3) is 0 Å². The van der Waals surface area contributed by atoms with E-state index in [0.717, 1.165) is 25.3 Å². The van der Waals surface area contributed by atoms with E-state index in [9.17, 15) is 4.79 Å². The van der Waals surface area contributed by atoms with Gasteiger partial charge in [0, 0.05) is 19.7 Å². The summed E-state index contributed by atoms with van der Waals surface area (Å²) in [6.07, 6.45) is 2.26. The second-order valence-electron chi connectivity index (χ2n) is 4.01. The second-order valence-corrected chi connectivity index (χ2v) is 4.01. The number of hydrogen-bond donors (Lipinski definition) is 2. The third kappa shape index (κ3) is 5.97. The van der Waals surface area contributed by atoms with Crippen LogP contribution in [-0.4, -0.2) is 38.8 Å². The van der Waals surface area contributed by atoms with Gasteiger partial charge in [0.15, 0.2) is 0 Å². The number of ether oxygens (including phenoxy) is 1. The van der Waals surface area contributed by atoms with Crippen LogP contribution in [0, 0.1) is 5.92 Å². The minimum atomic E-state index is 0. The van der Waals surface area contributed by atoms with E-state index in [0.29, 0.717) is 19.2 Å². The first-order chi connectivity index (χ1) is 6.72. The van der Waals surface area contributed by atoms with E-state index in [1.54, 1.807) is 7.11 Å². The molecule has 2 N–H and O–H groups in total. The first kappa shape index (κ1) is 14.7. The molecule has 0 saturated heterocycles. The van der Waals surface area contributed by atoms with E-state index in [1.807, 2.05) is 0 Å². The van der Waals surface area contributed by atoms with Crippen LogP contribution >= 0.6 is 12.4 Å². The monoisotopic (exact) mass is 236 g/mol. The molecule has 0 unspecified atom stereocenters. The van der Waals surface area contributed by atoms with Gasteiger partial charge in [-0.05, 0) is 18.8 Å². The molecule has 0 aliphatic heterocycles. The lowest BCUT2D eigenvalue weighted by atomic mass is 9.82. The van der Waals surface area contributed by atoms with E-state index >= 15 is 0 Å². The first-order valence-electron chi connectivity index (χ1n) is 5.21. The van der Waals surface area contributed by atoms with E-state index in [-0.39, 0.29) is 18.3 Å². The molecule has 0 aromatic heterocycles. The molecular weight excluding hydrogens is 216 g/mol. The van der Waals surface area contributed by atoms with Crippen LogP contribution in [0.4, 0.5) is 0 Å². The predicted octanol–water partition coefficient (Wildman–Crippen LogP) is 0.559. The summed E-state index contributed by atoms with van der Waals surface area (Å²) in [5.41, 5.74) is 0. The van der Waals surface area contributed by atoms with Gasteiger partial charge < -0.3 is 15.4 Å². The largest absolute Gasteiger partial charge is 0.383 e. The molecule has 0 bridgehead atoms. The van der Waals surface area contributed by atoms with E-state index in [2.05, 4.69) is 17.6 Å². The Bertz CT molecular complexity index is 184. The van der Waals surface area contributed by atoms with Crippen LogP contribution in [0.15, 0.2) is 0 Å².